The zero-order valence-electron chi connectivity index (χ0n) is 14.3. The molecule has 9 heteroatoms. The summed E-state index contributed by atoms with van der Waals surface area (Å²) in [5, 5.41) is 2.73. The van der Waals surface area contributed by atoms with Crippen molar-refractivity contribution in [1.82, 2.24) is 5.32 Å². The number of hydrogen-bond acceptors (Lipinski definition) is 7. The number of nitrogens with one attached hydrogen (secondary N) is 1. The number of carbonyl (C=O) groups is 2. The van der Waals surface area contributed by atoms with Crippen molar-refractivity contribution < 1.29 is 45.3 Å². The van der Waals surface area contributed by atoms with E-state index < -0.39 is 24.4 Å². The van der Waals surface area contributed by atoms with Gasteiger partial charge in [0.2, 0.25) is 5.91 Å². The van der Waals surface area contributed by atoms with E-state index in [-0.39, 0.29) is 35.4 Å². The number of amides is 1. The van der Waals surface area contributed by atoms with Crippen LogP contribution in [0.5, 0.6) is 0 Å². The van der Waals surface area contributed by atoms with E-state index in [0.29, 0.717) is 26.2 Å². The molecule has 1 amide bonds. The molecule has 0 aliphatic carbocycles. The van der Waals surface area contributed by atoms with Crippen LogP contribution in [0, 0.1) is 6.42 Å². The molecule has 0 spiro atoms. The fourth-order valence-electron chi connectivity index (χ4n) is 2.26. The van der Waals surface area contributed by atoms with Gasteiger partial charge in [0.25, 0.3) is 5.97 Å². The van der Waals surface area contributed by atoms with Crippen molar-refractivity contribution in [2.45, 2.75) is 51.7 Å². The van der Waals surface area contributed by atoms with Crippen molar-refractivity contribution in [3.05, 3.63) is 6.42 Å². The molecular weight excluding hydrogens is 363 g/mol. The summed E-state index contributed by atoms with van der Waals surface area (Å²) in [7, 11) is 0. The Morgan fingerprint density at radius 2 is 1.96 bits per heavy atom. The third-order valence-electron chi connectivity index (χ3n) is 3.21. The maximum atomic E-state index is 11.4. The average Bonchev–Trinajstić information content (AvgIpc) is 2.48. The van der Waals surface area contributed by atoms with E-state index in [1.54, 1.807) is 6.42 Å². The number of hydrogen-bond donors (Lipinski definition) is 2. The van der Waals surface area contributed by atoms with Crippen LogP contribution in [0.2, 0.25) is 0 Å². The van der Waals surface area contributed by atoms with Gasteiger partial charge in [-0.25, -0.2) is 0 Å². The van der Waals surface area contributed by atoms with Gasteiger partial charge in [0.15, 0.2) is 6.29 Å². The molecule has 0 unspecified atom stereocenters. The van der Waals surface area contributed by atoms with E-state index in [1.165, 1.54) is 13.8 Å². The summed E-state index contributed by atoms with van der Waals surface area (Å²) < 4.78 is 22.0. The van der Waals surface area contributed by atoms with Crippen molar-refractivity contribution in [1.29, 1.82) is 0 Å². The Morgan fingerprint density at radius 3 is 2.50 bits per heavy atom. The molecule has 3 N–H and O–H groups in total. The molecule has 0 saturated carbocycles. The summed E-state index contributed by atoms with van der Waals surface area (Å²) in [5.41, 5.74) is 5.34. The van der Waals surface area contributed by atoms with Crippen molar-refractivity contribution in [2.24, 2.45) is 5.73 Å². The Kier molecular flexibility index (Phi) is 12.2. The predicted octanol–water partition coefficient (Wildman–Crippen LogP) is -0.249. The van der Waals surface area contributed by atoms with Gasteiger partial charge >= 0.3 is 0 Å². The van der Waals surface area contributed by atoms with Gasteiger partial charge in [0.1, 0.15) is 0 Å². The van der Waals surface area contributed by atoms with E-state index >= 15 is 0 Å². The van der Waals surface area contributed by atoms with Crippen LogP contribution in [0.25, 0.3) is 0 Å². The SMILES string of the molecule is CC[C@@H]1[CH-][C@H](OC(C)=O)[C@@H](NC(C)=O)[C@H](OCCOCCN)O1.[Co]. The van der Waals surface area contributed by atoms with Gasteiger partial charge in [-0.3, -0.25) is 16.0 Å². The number of nitrogens with two attached hydrogens (primary N) is 1. The summed E-state index contributed by atoms with van der Waals surface area (Å²) >= 11 is 0. The molecule has 1 aliphatic heterocycles. The maximum Gasteiger partial charge on any atom is 0.300 e. The van der Waals surface area contributed by atoms with Crippen molar-refractivity contribution in [3.63, 3.8) is 0 Å². The predicted molar refractivity (Wildman–Crippen MR) is 82.2 cm³/mol. The molecule has 0 aromatic heterocycles. The van der Waals surface area contributed by atoms with E-state index in [9.17, 15) is 9.59 Å². The molecule has 0 bridgehead atoms. The summed E-state index contributed by atoms with van der Waals surface area (Å²) in [6.45, 7) is 6.20. The summed E-state index contributed by atoms with van der Waals surface area (Å²) in [4.78, 5) is 22.7. The summed E-state index contributed by atoms with van der Waals surface area (Å²) in [6, 6.07) is -0.603. The van der Waals surface area contributed by atoms with Gasteiger partial charge in [-0.1, -0.05) is 19.4 Å². The van der Waals surface area contributed by atoms with Gasteiger partial charge in [-0.15, -0.1) is 0 Å². The minimum Gasteiger partial charge on any atom is -0.493 e. The molecule has 1 rings (SSSR count). The van der Waals surface area contributed by atoms with Gasteiger partial charge in [-0.2, -0.15) is 0 Å². The van der Waals surface area contributed by atoms with Crippen molar-refractivity contribution in [3.8, 4) is 0 Å². The fraction of sp³-hybridized carbons (Fsp3) is 0.800. The second kappa shape index (κ2) is 12.6. The molecule has 0 aromatic carbocycles. The number of ether oxygens (including phenoxy) is 4. The molecular formula is C15H27CoN2O6-. The van der Waals surface area contributed by atoms with Crippen LogP contribution in [-0.4, -0.2) is 62.8 Å². The van der Waals surface area contributed by atoms with Crippen LogP contribution in [0.3, 0.4) is 0 Å². The molecule has 0 aromatic rings. The molecule has 143 valence electrons. The van der Waals surface area contributed by atoms with E-state index in [4.69, 9.17) is 24.7 Å². The Morgan fingerprint density at radius 1 is 1.25 bits per heavy atom. The van der Waals surface area contributed by atoms with Crippen LogP contribution in [0.1, 0.15) is 27.2 Å². The average molecular weight is 390 g/mol. The quantitative estimate of drug-likeness (QED) is 0.318. The van der Waals surface area contributed by atoms with E-state index in [1.807, 2.05) is 6.92 Å². The van der Waals surface area contributed by atoms with Gasteiger partial charge in [-0.05, 0) is 0 Å². The molecule has 1 radical (unpaired) electrons. The Labute approximate surface area is 153 Å². The third-order valence-corrected chi connectivity index (χ3v) is 3.21. The first-order chi connectivity index (χ1) is 11.0. The molecule has 4 atom stereocenters. The van der Waals surface area contributed by atoms with Crippen molar-refractivity contribution in [2.75, 3.05) is 26.4 Å². The Bertz CT molecular complexity index is 385. The molecule has 8 nitrogen and oxygen atoms in total. The first-order valence-corrected chi connectivity index (χ1v) is 7.82. The van der Waals surface area contributed by atoms with Gasteiger partial charge in [0.05, 0.1) is 25.9 Å². The van der Waals surface area contributed by atoms with Crippen LogP contribution in [0.15, 0.2) is 0 Å². The van der Waals surface area contributed by atoms with E-state index in [0.717, 1.165) is 0 Å². The third kappa shape index (κ3) is 8.40. The smallest absolute Gasteiger partial charge is 0.300 e. The van der Waals surface area contributed by atoms with Crippen LogP contribution >= 0.6 is 0 Å². The zero-order chi connectivity index (χ0) is 17.2. The second-order valence-electron chi connectivity index (χ2n) is 5.22. The van der Waals surface area contributed by atoms with Crippen LogP contribution < -0.4 is 11.1 Å². The molecule has 1 aliphatic rings. The normalized spacial score (nSPS) is 26.3. The Hall–Kier alpha value is -0.714. The first-order valence-electron chi connectivity index (χ1n) is 7.82. The zero-order valence-corrected chi connectivity index (χ0v) is 15.3. The number of carbonyl (C=O) groups excluding carboxylic acids is 2. The monoisotopic (exact) mass is 390 g/mol. The number of esters is 1. The summed E-state index contributed by atoms with van der Waals surface area (Å²) in [5.74, 6) is -0.685. The van der Waals surface area contributed by atoms with Crippen LogP contribution in [0.4, 0.5) is 0 Å². The topological polar surface area (TPSA) is 109 Å². The van der Waals surface area contributed by atoms with E-state index in [2.05, 4.69) is 5.32 Å². The minimum atomic E-state index is -0.723. The fourth-order valence-corrected chi connectivity index (χ4v) is 2.26. The minimum absolute atomic E-state index is 0. The first kappa shape index (κ1) is 23.3. The van der Waals surface area contributed by atoms with Crippen molar-refractivity contribution >= 4 is 11.9 Å². The largest absolute Gasteiger partial charge is 0.493 e. The summed E-state index contributed by atoms with van der Waals surface area (Å²) in [6.07, 6.45) is 0.921. The van der Waals surface area contributed by atoms with Crippen LogP contribution in [-0.2, 0) is 45.3 Å². The maximum absolute atomic E-state index is 11.4. The molecule has 1 heterocycles. The second-order valence-corrected chi connectivity index (χ2v) is 5.22. The molecule has 1 saturated heterocycles. The van der Waals surface area contributed by atoms with Gasteiger partial charge in [0, 0.05) is 43.3 Å². The molecule has 24 heavy (non-hydrogen) atoms. The molecule has 1 fully saturated rings. The standard InChI is InChI=1S/C15H27N2O6.Co/c1-4-12-9-13(22-11(3)19)14(17-10(2)18)15(23-12)21-8-7-20-6-5-16;/h9,12-15H,4-8,16H2,1-3H3,(H,17,18);/q-1;/t12-,13+,14-,15-;/m1./s1. The Balaban J connectivity index is 0.00000529. The van der Waals surface area contributed by atoms with Gasteiger partial charge < -0.3 is 30.0 Å². The number of rotatable bonds is 9.